The molecule has 0 atom stereocenters. The first-order valence-electron chi connectivity index (χ1n) is 7.97. The lowest BCUT2D eigenvalue weighted by Gasteiger charge is -2.10. The van der Waals surface area contributed by atoms with E-state index in [0.717, 1.165) is 5.69 Å². The number of benzene rings is 2. The highest BCUT2D eigenvalue weighted by Gasteiger charge is 2.10. The number of nitrogens with zero attached hydrogens (tertiary/aromatic N) is 2. The van der Waals surface area contributed by atoms with Gasteiger partial charge in [-0.25, -0.2) is 0 Å². The zero-order valence-electron chi connectivity index (χ0n) is 14.4. The Bertz CT molecular complexity index is 1030. The van der Waals surface area contributed by atoms with Crippen molar-refractivity contribution in [3.05, 3.63) is 77.1 Å². The third kappa shape index (κ3) is 4.54. The summed E-state index contributed by atoms with van der Waals surface area (Å²) in [6, 6.07) is 17.5. The van der Waals surface area contributed by atoms with Crippen LogP contribution in [0.2, 0.25) is 5.02 Å². The summed E-state index contributed by atoms with van der Waals surface area (Å²) >= 11 is 6.07. The molecule has 3 aromatic rings. The second-order valence-corrected chi connectivity index (χ2v) is 5.96. The molecule has 0 fully saturated rings. The number of ether oxygens (including phenoxy) is 1. The predicted molar refractivity (Wildman–Crippen MR) is 105 cm³/mol. The molecule has 0 unspecified atom stereocenters. The van der Waals surface area contributed by atoms with Gasteiger partial charge in [0.15, 0.2) is 0 Å². The van der Waals surface area contributed by atoms with E-state index in [4.69, 9.17) is 21.6 Å². The van der Waals surface area contributed by atoms with Crippen molar-refractivity contribution in [1.29, 1.82) is 5.26 Å². The SMILES string of the molecule is COc1ccc(NC(=O)c2cc(Nc3cccc(C#N)c3)ccn2)cc1Cl. The van der Waals surface area contributed by atoms with Crippen molar-refractivity contribution in [3.63, 3.8) is 0 Å². The Labute approximate surface area is 161 Å². The van der Waals surface area contributed by atoms with Crippen LogP contribution in [-0.4, -0.2) is 18.0 Å². The standard InChI is InChI=1S/C20H15ClN4O2/c1-27-19-6-5-15(10-17(19)21)25-20(26)18-11-16(7-8-23-18)24-14-4-2-3-13(9-14)12-22/h2-11H,1H3,(H,23,24)(H,25,26). The predicted octanol–water partition coefficient (Wildman–Crippen LogP) is 4.61. The first-order valence-corrected chi connectivity index (χ1v) is 8.35. The number of methoxy groups -OCH3 is 1. The Hall–Kier alpha value is -3.56. The van der Waals surface area contributed by atoms with Crippen molar-refractivity contribution in [2.75, 3.05) is 17.7 Å². The number of rotatable bonds is 5. The van der Waals surface area contributed by atoms with Gasteiger partial charge in [0.2, 0.25) is 0 Å². The van der Waals surface area contributed by atoms with E-state index in [0.29, 0.717) is 27.7 Å². The molecule has 3 rings (SSSR count). The molecule has 0 radical (unpaired) electrons. The first kappa shape index (κ1) is 18.2. The van der Waals surface area contributed by atoms with Crippen LogP contribution in [0, 0.1) is 11.3 Å². The third-order valence-corrected chi connectivity index (χ3v) is 3.98. The Kier molecular flexibility index (Phi) is 5.55. The quantitative estimate of drug-likeness (QED) is 0.676. The molecule has 1 aromatic heterocycles. The number of anilines is 3. The van der Waals surface area contributed by atoms with Crippen LogP contribution in [0.5, 0.6) is 5.75 Å². The maximum Gasteiger partial charge on any atom is 0.274 e. The van der Waals surface area contributed by atoms with E-state index in [9.17, 15) is 4.79 Å². The number of carbonyl (C=O) groups is 1. The van der Waals surface area contributed by atoms with Crippen LogP contribution >= 0.6 is 11.6 Å². The zero-order chi connectivity index (χ0) is 19.2. The fraction of sp³-hybridized carbons (Fsp3) is 0.0500. The van der Waals surface area contributed by atoms with Gasteiger partial charge in [-0.3, -0.25) is 9.78 Å². The molecule has 6 nitrogen and oxygen atoms in total. The van der Waals surface area contributed by atoms with Gasteiger partial charge in [-0.15, -0.1) is 0 Å². The van der Waals surface area contributed by atoms with Crippen LogP contribution in [-0.2, 0) is 0 Å². The molecular weight excluding hydrogens is 364 g/mol. The second-order valence-electron chi connectivity index (χ2n) is 5.55. The van der Waals surface area contributed by atoms with Crippen LogP contribution in [0.3, 0.4) is 0 Å². The average molecular weight is 379 g/mol. The molecule has 134 valence electrons. The lowest BCUT2D eigenvalue weighted by molar-refractivity contribution is 0.102. The van der Waals surface area contributed by atoms with E-state index in [2.05, 4.69) is 21.7 Å². The summed E-state index contributed by atoms with van der Waals surface area (Å²) < 4.78 is 5.09. The van der Waals surface area contributed by atoms with Gasteiger partial charge in [0.05, 0.1) is 23.8 Å². The van der Waals surface area contributed by atoms with Crippen molar-refractivity contribution in [1.82, 2.24) is 4.98 Å². The number of nitriles is 1. The fourth-order valence-corrected chi connectivity index (χ4v) is 2.66. The Morgan fingerprint density at radius 1 is 1.11 bits per heavy atom. The molecule has 27 heavy (non-hydrogen) atoms. The summed E-state index contributed by atoms with van der Waals surface area (Å²) in [5, 5.41) is 15.3. The number of halogens is 1. The molecule has 0 aliphatic heterocycles. The van der Waals surface area contributed by atoms with E-state index in [1.807, 2.05) is 6.07 Å². The number of amides is 1. The maximum atomic E-state index is 12.5. The summed E-state index contributed by atoms with van der Waals surface area (Å²) in [4.78, 5) is 16.6. The molecule has 2 N–H and O–H groups in total. The van der Waals surface area contributed by atoms with Crippen molar-refractivity contribution >= 4 is 34.6 Å². The number of carbonyl (C=O) groups excluding carboxylic acids is 1. The molecule has 1 heterocycles. The van der Waals surface area contributed by atoms with Gasteiger partial charge >= 0.3 is 0 Å². The number of nitrogens with one attached hydrogen (secondary N) is 2. The number of hydrogen-bond donors (Lipinski definition) is 2. The molecule has 0 aliphatic rings. The number of pyridine rings is 1. The summed E-state index contributed by atoms with van der Waals surface area (Å²) in [6.45, 7) is 0. The molecule has 0 saturated carbocycles. The monoisotopic (exact) mass is 378 g/mol. The lowest BCUT2D eigenvalue weighted by Crippen LogP contribution is -2.13. The van der Waals surface area contributed by atoms with E-state index in [-0.39, 0.29) is 11.6 Å². The molecule has 0 aliphatic carbocycles. The highest BCUT2D eigenvalue weighted by atomic mass is 35.5. The fourth-order valence-electron chi connectivity index (χ4n) is 2.40. The van der Waals surface area contributed by atoms with Gasteiger partial charge in [-0.05, 0) is 48.5 Å². The van der Waals surface area contributed by atoms with E-state index in [1.54, 1.807) is 48.5 Å². The van der Waals surface area contributed by atoms with Crippen molar-refractivity contribution in [3.8, 4) is 11.8 Å². The number of aromatic nitrogens is 1. The molecule has 1 amide bonds. The Morgan fingerprint density at radius 3 is 2.67 bits per heavy atom. The Balaban J connectivity index is 1.75. The maximum absolute atomic E-state index is 12.5. The highest BCUT2D eigenvalue weighted by Crippen LogP contribution is 2.27. The Morgan fingerprint density at radius 2 is 1.93 bits per heavy atom. The average Bonchev–Trinajstić information content (AvgIpc) is 2.68. The van der Waals surface area contributed by atoms with Gasteiger partial charge in [0.25, 0.3) is 5.91 Å². The van der Waals surface area contributed by atoms with Crippen LogP contribution in [0.1, 0.15) is 16.1 Å². The van der Waals surface area contributed by atoms with Crippen LogP contribution in [0.25, 0.3) is 0 Å². The summed E-state index contributed by atoms with van der Waals surface area (Å²) in [6.07, 6.45) is 1.53. The van der Waals surface area contributed by atoms with Crippen LogP contribution in [0.15, 0.2) is 60.8 Å². The summed E-state index contributed by atoms with van der Waals surface area (Å²) in [5.41, 5.74) is 2.74. The topological polar surface area (TPSA) is 87.0 Å². The smallest absolute Gasteiger partial charge is 0.274 e. The van der Waals surface area contributed by atoms with Gasteiger partial charge in [0, 0.05) is 23.3 Å². The summed E-state index contributed by atoms with van der Waals surface area (Å²) in [7, 11) is 1.52. The van der Waals surface area contributed by atoms with Crippen LogP contribution < -0.4 is 15.4 Å². The van der Waals surface area contributed by atoms with Gasteiger partial charge in [-0.1, -0.05) is 17.7 Å². The normalized spacial score (nSPS) is 9.96. The van der Waals surface area contributed by atoms with Gasteiger partial charge in [0.1, 0.15) is 11.4 Å². The molecule has 7 heteroatoms. The van der Waals surface area contributed by atoms with E-state index in [1.165, 1.54) is 13.3 Å². The molecule has 0 spiro atoms. The summed E-state index contributed by atoms with van der Waals surface area (Å²) in [5.74, 6) is 0.157. The zero-order valence-corrected chi connectivity index (χ0v) is 15.1. The molecule has 2 aromatic carbocycles. The van der Waals surface area contributed by atoms with Crippen molar-refractivity contribution < 1.29 is 9.53 Å². The highest BCUT2D eigenvalue weighted by molar-refractivity contribution is 6.32. The van der Waals surface area contributed by atoms with Gasteiger partial charge < -0.3 is 15.4 Å². The van der Waals surface area contributed by atoms with Gasteiger partial charge in [-0.2, -0.15) is 5.26 Å². The van der Waals surface area contributed by atoms with E-state index < -0.39 is 0 Å². The lowest BCUT2D eigenvalue weighted by atomic mass is 10.2. The van der Waals surface area contributed by atoms with E-state index >= 15 is 0 Å². The molecule has 0 bridgehead atoms. The largest absolute Gasteiger partial charge is 0.495 e. The third-order valence-electron chi connectivity index (χ3n) is 3.68. The van der Waals surface area contributed by atoms with Crippen molar-refractivity contribution in [2.45, 2.75) is 0 Å². The minimum Gasteiger partial charge on any atom is -0.495 e. The molecular formula is C20H15ClN4O2. The number of hydrogen-bond acceptors (Lipinski definition) is 5. The second kappa shape index (κ2) is 8.21. The minimum atomic E-state index is -0.370. The van der Waals surface area contributed by atoms with Crippen LogP contribution in [0.4, 0.5) is 17.1 Å². The first-order chi connectivity index (χ1) is 13.1. The van der Waals surface area contributed by atoms with Crippen molar-refractivity contribution in [2.24, 2.45) is 0 Å². The molecule has 0 saturated heterocycles. The minimum absolute atomic E-state index is 0.239.